The van der Waals surface area contributed by atoms with Gasteiger partial charge in [0.2, 0.25) is 5.13 Å². The fourth-order valence-electron chi connectivity index (χ4n) is 1.59. The normalized spacial score (nSPS) is 11.0. The minimum atomic E-state index is -0.248. The van der Waals surface area contributed by atoms with Gasteiger partial charge >= 0.3 is 0 Å². The van der Waals surface area contributed by atoms with Crippen LogP contribution in [0.25, 0.3) is 0 Å². The lowest BCUT2D eigenvalue weighted by atomic mass is 10.1. The zero-order chi connectivity index (χ0) is 15.2. The highest BCUT2D eigenvalue weighted by Crippen LogP contribution is 2.18. The van der Waals surface area contributed by atoms with Crippen molar-refractivity contribution < 1.29 is 9.53 Å². The van der Waals surface area contributed by atoms with Crippen molar-refractivity contribution in [1.82, 2.24) is 15.2 Å². The van der Waals surface area contributed by atoms with Gasteiger partial charge in [-0.1, -0.05) is 25.2 Å². The number of amides is 1. The first-order valence-electron chi connectivity index (χ1n) is 6.65. The van der Waals surface area contributed by atoms with Crippen molar-refractivity contribution in [3.8, 4) is 0 Å². The van der Waals surface area contributed by atoms with Gasteiger partial charge < -0.3 is 4.74 Å². The van der Waals surface area contributed by atoms with Crippen molar-refractivity contribution in [1.29, 1.82) is 0 Å². The third kappa shape index (κ3) is 4.83. The molecule has 0 aliphatic carbocycles. The van der Waals surface area contributed by atoms with Crippen LogP contribution in [0.15, 0.2) is 5.38 Å². The Bertz CT molecular complexity index is 595. The third-order valence-electron chi connectivity index (χ3n) is 2.68. The average Bonchev–Trinajstić information content (AvgIpc) is 3.06. The van der Waals surface area contributed by atoms with Gasteiger partial charge in [-0.25, -0.2) is 4.98 Å². The summed E-state index contributed by atoms with van der Waals surface area (Å²) < 4.78 is 4.96. The lowest BCUT2D eigenvalue weighted by Crippen LogP contribution is -2.12. The Morgan fingerprint density at radius 2 is 2.19 bits per heavy atom. The summed E-state index contributed by atoms with van der Waals surface area (Å²) >= 11 is 2.82. The monoisotopic (exact) mass is 326 g/mol. The summed E-state index contributed by atoms with van der Waals surface area (Å²) in [6.07, 6.45) is 1.98. The molecule has 0 saturated heterocycles. The zero-order valence-corrected chi connectivity index (χ0v) is 13.9. The number of ether oxygens (including phenoxy) is 1. The molecule has 2 aromatic rings. The molecule has 0 unspecified atom stereocenters. The molecule has 0 saturated carbocycles. The molecule has 0 fully saturated rings. The number of hydrogen-bond acceptors (Lipinski definition) is 7. The summed E-state index contributed by atoms with van der Waals surface area (Å²) in [5.41, 5.74) is 0.433. The first-order chi connectivity index (χ1) is 10.1. The molecule has 1 N–H and O–H groups in total. The van der Waals surface area contributed by atoms with Crippen molar-refractivity contribution in [2.75, 3.05) is 12.4 Å². The van der Waals surface area contributed by atoms with Gasteiger partial charge in [0.15, 0.2) is 0 Å². The molecule has 0 radical (unpaired) electrons. The van der Waals surface area contributed by atoms with Crippen LogP contribution in [0.1, 0.15) is 40.8 Å². The second-order valence-corrected chi connectivity index (χ2v) is 6.95. The molecule has 2 aromatic heterocycles. The number of methoxy groups -OCH3 is 1. The van der Waals surface area contributed by atoms with E-state index in [1.54, 1.807) is 12.5 Å². The quantitative estimate of drug-likeness (QED) is 0.846. The first-order valence-corrected chi connectivity index (χ1v) is 8.35. The molecule has 21 heavy (non-hydrogen) atoms. The van der Waals surface area contributed by atoms with Gasteiger partial charge in [-0.3, -0.25) is 10.1 Å². The number of hydrogen-bond donors (Lipinski definition) is 1. The van der Waals surface area contributed by atoms with E-state index in [1.165, 1.54) is 22.7 Å². The number of nitrogens with zero attached hydrogens (tertiary/aromatic N) is 3. The third-order valence-corrected chi connectivity index (χ3v) is 4.40. The van der Waals surface area contributed by atoms with E-state index in [9.17, 15) is 4.79 Å². The maximum atomic E-state index is 12.1. The Hall–Kier alpha value is -1.38. The number of rotatable bonds is 7. The molecule has 8 heteroatoms. The summed E-state index contributed by atoms with van der Waals surface area (Å²) in [6.45, 7) is 4.74. The van der Waals surface area contributed by atoms with Crippen LogP contribution in [0.3, 0.4) is 0 Å². The van der Waals surface area contributed by atoms with E-state index < -0.39 is 0 Å². The Balaban J connectivity index is 1.93. The number of anilines is 1. The Kier molecular flexibility index (Phi) is 5.77. The summed E-state index contributed by atoms with van der Waals surface area (Å²) in [7, 11) is 1.59. The molecular weight excluding hydrogens is 308 g/mol. The largest absolute Gasteiger partial charge is 0.377 e. The Morgan fingerprint density at radius 3 is 2.90 bits per heavy atom. The number of carbonyl (C=O) groups is 1. The zero-order valence-electron chi connectivity index (χ0n) is 12.3. The van der Waals surface area contributed by atoms with Gasteiger partial charge in [0.05, 0.1) is 5.01 Å². The van der Waals surface area contributed by atoms with Crippen LogP contribution in [0.5, 0.6) is 0 Å². The number of thiazole rings is 1. The van der Waals surface area contributed by atoms with Crippen LogP contribution in [-0.4, -0.2) is 28.2 Å². The second kappa shape index (κ2) is 7.58. The van der Waals surface area contributed by atoms with Crippen molar-refractivity contribution in [3.05, 3.63) is 21.1 Å². The van der Waals surface area contributed by atoms with E-state index in [0.717, 1.165) is 22.9 Å². The van der Waals surface area contributed by atoms with Crippen LogP contribution in [0.2, 0.25) is 0 Å². The van der Waals surface area contributed by atoms with Crippen LogP contribution in [0.4, 0.5) is 5.13 Å². The number of nitrogens with one attached hydrogen (secondary N) is 1. The number of aryl methyl sites for hydroxylation is 1. The average molecular weight is 326 g/mol. The first kappa shape index (κ1) is 16.0. The number of carbonyl (C=O) groups excluding carboxylic acids is 1. The van der Waals surface area contributed by atoms with E-state index >= 15 is 0 Å². The van der Waals surface area contributed by atoms with Crippen LogP contribution >= 0.6 is 22.7 Å². The van der Waals surface area contributed by atoms with E-state index in [4.69, 9.17) is 4.74 Å². The maximum Gasteiger partial charge on any atom is 0.276 e. The van der Waals surface area contributed by atoms with E-state index in [0.29, 0.717) is 23.4 Å². The molecule has 6 nitrogen and oxygen atoms in total. The molecule has 0 aliphatic rings. The van der Waals surface area contributed by atoms with Gasteiger partial charge in [0.1, 0.15) is 17.3 Å². The minimum Gasteiger partial charge on any atom is -0.377 e. The summed E-state index contributed by atoms with van der Waals surface area (Å²) in [6, 6.07) is 0. The van der Waals surface area contributed by atoms with Crippen molar-refractivity contribution in [2.45, 2.75) is 33.3 Å². The predicted octanol–water partition coefficient (Wildman–Crippen LogP) is 2.98. The fraction of sp³-hybridized carbons (Fsp3) is 0.538. The molecule has 0 bridgehead atoms. The van der Waals surface area contributed by atoms with Gasteiger partial charge in [-0.2, -0.15) is 0 Å². The molecule has 114 valence electrons. The van der Waals surface area contributed by atoms with Crippen LogP contribution in [0, 0.1) is 5.92 Å². The van der Waals surface area contributed by atoms with Gasteiger partial charge in [0.25, 0.3) is 5.91 Å². The highest BCUT2D eigenvalue weighted by molar-refractivity contribution is 7.15. The molecule has 0 aromatic carbocycles. The van der Waals surface area contributed by atoms with Crippen LogP contribution < -0.4 is 5.32 Å². The summed E-state index contributed by atoms with van der Waals surface area (Å²) in [5, 5.41) is 14.5. The summed E-state index contributed by atoms with van der Waals surface area (Å²) in [4.78, 5) is 16.4. The highest BCUT2D eigenvalue weighted by atomic mass is 32.1. The minimum absolute atomic E-state index is 0.248. The highest BCUT2D eigenvalue weighted by Gasteiger charge is 2.13. The van der Waals surface area contributed by atoms with Gasteiger partial charge in [0, 0.05) is 12.5 Å². The maximum absolute atomic E-state index is 12.1. The predicted molar refractivity (Wildman–Crippen MR) is 83.8 cm³/mol. The van der Waals surface area contributed by atoms with E-state index in [2.05, 4.69) is 34.3 Å². The lowest BCUT2D eigenvalue weighted by molar-refractivity contribution is 0.102. The number of aromatic nitrogens is 3. The van der Waals surface area contributed by atoms with Gasteiger partial charge in [-0.15, -0.1) is 21.5 Å². The molecule has 0 aliphatic heterocycles. The van der Waals surface area contributed by atoms with Gasteiger partial charge in [-0.05, 0) is 18.8 Å². The van der Waals surface area contributed by atoms with Crippen LogP contribution in [-0.2, 0) is 17.8 Å². The molecule has 0 atom stereocenters. The Labute approximate surface area is 131 Å². The topological polar surface area (TPSA) is 77.0 Å². The standard InChI is InChI=1S/C13H18N4O2S2/c1-8(2)4-5-10-14-9(7-20-10)12(18)15-13-17-16-11(21-13)6-19-3/h7-8H,4-6H2,1-3H3,(H,15,17,18). The van der Waals surface area contributed by atoms with E-state index in [-0.39, 0.29) is 5.91 Å². The Morgan fingerprint density at radius 1 is 1.38 bits per heavy atom. The van der Waals surface area contributed by atoms with Crippen molar-refractivity contribution >= 4 is 33.7 Å². The summed E-state index contributed by atoms with van der Waals surface area (Å²) in [5.74, 6) is 0.383. The molecule has 2 rings (SSSR count). The molecule has 1 amide bonds. The van der Waals surface area contributed by atoms with E-state index in [1.807, 2.05) is 0 Å². The molecule has 0 spiro atoms. The second-order valence-electron chi connectivity index (χ2n) is 4.95. The fourth-order valence-corrected chi connectivity index (χ4v) is 3.09. The lowest BCUT2D eigenvalue weighted by Gasteiger charge is -2.00. The molecule has 2 heterocycles. The van der Waals surface area contributed by atoms with Crippen molar-refractivity contribution in [2.24, 2.45) is 5.92 Å². The SMILES string of the molecule is COCc1nnc(NC(=O)c2csc(CCC(C)C)n2)s1. The van der Waals surface area contributed by atoms with Crippen molar-refractivity contribution in [3.63, 3.8) is 0 Å². The smallest absolute Gasteiger partial charge is 0.276 e. The molecular formula is C13H18N4O2S2.